The predicted molar refractivity (Wildman–Crippen MR) is 77.9 cm³/mol. The van der Waals surface area contributed by atoms with Gasteiger partial charge in [-0.3, -0.25) is 4.79 Å². The first-order chi connectivity index (χ1) is 10.1. The Morgan fingerprint density at radius 3 is 2.62 bits per heavy atom. The van der Waals surface area contributed by atoms with Gasteiger partial charge in [0.2, 0.25) is 0 Å². The minimum atomic E-state index is -0.281. The number of nitrogens with two attached hydrogens (primary N) is 1. The molecule has 1 aliphatic rings. The van der Waals surface area contributed by atoms with Crippen LogP contribution in [0.15, 0.2) is 42.6 Å². The Balaban J connectivity index is 1.83. The maximum absolute atomic E-state index is 13.0. The van der Waals surface area contributed by atoms with Crippen molar-refractivity contribution in [3.05, 3.63) is 59.7 Å². The minimum Gasteiger partial charge on any atom is -0.397 e. The van der Waals surface area contributed by atoms with Crippen LogP contribution in [0.3, 0.4) is 0 Å². The average molecular weight is 285 g/mol. The normalized spacial score (nSPS) is 14.0. The van der Waals surface area contributed by atoms with Crippen LogP contribution in [-0.2, 0) is 6.54 Å². The maximum atomic E-state index is 13.0. The number of halogens is 1. The molecular formula is C16H16FN3O. The molecule has 0 radical (unpaired) electrons. The van der Waals surface area contributed by atoms with Crippen LogP contribution in [0.2, 0.25) is 0 Å². The Morgan fingerprint density at radius 2 is 2.00 bits per heavy atom. The number of pyridine rings is 1. The van der Waals surface area contributed by atoms with E-state index in [0.717, 1.165) is 18.4 Å². The first kappa shape index (κ1) is 13.5. The minimum absolute atomic E-state index is 0.167. The second-order valence-corrected chi connectivity index (χ2v) is 5.23. The van der Waals surface area contributed by atoms with Crippen molar-refractivity contribution in [2.24, 2.45) is 0 Å². The van der Waals surface area contributed by atoms with Crippen molar-refractivity contribution >= 4 is 11.6 Å². The number of rotatable bonds is 4. The SMILES string of the molecule is Nc1cccnc1C(=O)N(Cc1ccc(F)cc1)C1CC1. The van der Waals surface area contributed by atoms with E-state index in [2.05, 4.69) is 4.98 Å². The molecule has 1 fully saturated rings. The van der Waals surface area contributed by atoms with Gasteiger partial charge in [0.1, 0.15) is 5.82 Å². The molecule has 1 aliphatic carbocycles. The van der Waals surface area contributed by atoms with Crippen LogP contribution in [0.4, 0.5) is 10.1 Å². The second kappa shape index (κ2) is 5.52. The number of hydrogen-bond acceptors (Lipinski definition) is 3. The van der Waals surface area contributed by atoms with Gasteiger partial charge in [0.15, 0.2) is 5.69 Å². The van der Waals surface area contributed by atoms with Gasteiger partial charge in [-0.05, 0) is 42.7 Å². The fourth-order valence-electron chi connectivity index (χ4n) is 2.27. The number of carbonyl (C=O) groups is 1. The molecule has 2 aromatic rings. The molecule has 1 aromatic heterocycles. The van der Waals surface area contributed by atoms with E-state index >= 15 is 0 Å². The lowest BCUT2D eigenvalue weighted by Crippen LogP contribution is -2.33. The third-order valence-corrected chi connectivity index (χ3v) is 3.56. The molecule has 1 aromatic carbocycles. The quantitative estimate of drug-likeness (QED) is 0.939. The summed E-state index contributed by atoms with van der Waals surface area (Å²) in [5.74, 6) is -0.447. The van der Waals surface area contributed by atoms with E-state index in [4.69, 9.17) is 5.73 Å². The summed E-state index contributed by atoms with van der Waals surface area (Å²) >= 11 is 0. The lowest BCUT2D eigenvalue weighted by atomic mass is 10.2. The molecule has 0 bridgehead atoms. The van der Waals surface area contributed by atoms with Crippen LogP contribution in [0.1, 0.15) is 28.9 Å². The van der Waals surface area contributed by atoms with Crippen molar-refractivity contribution in [3.63, 3.8) is 0 Å². The lowest BCUT2D eigenvalue weighted by Gasteiger charge is -2.22. The van der Waals surface area contributed by atoms with Crippen molar-refractivity contribution in [2.45, 2.75) is 25.4 Å². The molecule has 0 spiro atoms. The number of nitrogens with zero attached hydrogens (tertiary/aromatic N) is 2. The Kier molecular flexibility index (Phi) is 3.56. The van der Waals surface area contributed by atoms with E-state index in [0.29, 0.717) is 12.2 Å². The number of aromatic nitrogens is 1. The van der Waals surface area contributed by atoms with Gasteiger partial charge >= 0.3 is 0 Å². The number of benzene rings is 1. The summed E-state index contributed by atoms with van der Waals surface area (Å²) < 4.78 is 13.0. The molecule has 108 valence electrons. The molecule has 1 saturated carbocycles. The van der Waals surface area contributed by atoms with Crippen LogP contribution in [-0.4, -0.2) is 21.8 Å². The van der Waals surface area contributed by atoms with Crippen molar-refractivity contribution in [3.8, 4) is 0 Å². The van der Waals surface area contributed by atoms with E-state index in [1.54, 1.807) is 35.4 Å². The van der Waals surface area contributed by atoms with Crippen molar-refractivity contribution in [1.29, 1.82) is 0 Å². The number of carbonyl (C=O) groups excluding carboxylic acids is 1. The van der Waals surface area contributed by atoms with Gasteiger partial charge in [-0.25, -0.2) is 9.37 Å². The van der Waals surface area contributed by atoms with Gasteiger partial charge in [0.05, 0.1) is 5.69 Å². The maximum Gasteiger partial charge on any atom is 0.275 e. The van der Waals surface area contributed by atoms with Crippen LogP contribution < -0.4 is 5.73 Å². The Morgan fingerprint density at radius 1 is 1.29 bits per heavy atom. The van der Waals surface area contributed by atoms with Gasteiger partial charge in [-0.15, -0.1) is 0 Å². The van der Waals surface area contributed by atoms with Crippen molar-refractivity contribution in [1.82, 2.24) is 9.88 Å². The lowest BCUT2D eigenvalue weighted by molar-refractivity contribution is 0.0725. The van der Waals surface area contributed by atoms with Crippen LogP contribution in [0, 0.1) is 5.82 Å². The zero-order valence-corrected chi connectivity index (χ0v) is 11.5. The Hall–Kier alpha value is -2.43. The number of nitrogen functional groups attached to an aromatic ring is 1. The van der Waals surface area contributed by atoms with Crippen molar-refractivity contribution < 1.29 is 9.18 Å². The number of anilines is 1. The molecule has 1 amide bonds. The highest BCUT2D eigenvalue weighted by molar-refractivity contribution is 5.97. The fraction of sp³-hybridized carbons (Fsp3) is 0.250. The molecular weight excluding hydrogens is 269 g/mol. The summed E-state index contributed by atoms with van der Waals surface area (Å²) in [6.07, 6.45) is 3.53. The molecule has 0 saturated heterocycles. The highest BCUT2D eigenvalue weighted by atomic mass is 19.1. The highest BCUT2D eigenvalue weighted by Crippen LogP contribution is 2.30. The zero-order valence-electron chi connectivity index (χ0n) is 11.5. The highest BCUT2D eigenvalue weighted by Gasteiger charge is 2.34. The molecule has 0 atom stereocenters. The molecule has 2 N–H and O–H groups in total. The van der Waals surface area contributed by atoms with E-state index in [-0.39, 0.29) is 23.5 Å². The summed E-state index contributed by atoms with van der Waals surface area (Å²) in [7, 11) is 0. The number of amides is 1. The van der Waals surface area contributed by atoms with E-state index in [1.165, 1.54) is 12.1 Å². The fourth-order valence-corrected chi connectivity index (χ4v) is 2.27. The van der Waals surface area contributed by atoms with Gasteiger partial charge < -0.3 is 10.6 Å². The molecule has 21 heavy (non-hydrogen) atoms. The third-order valence-electron chi connectivity index (χ3n) is 3.56. The third kappa shape index (κ3) is 3.02. The topological polar surface area (TPSA) is 59.2 Å². The summed E-state index contributed by atoms with van der Waals surface area (Å²) in [6.45, 7) is 0.444. The van der Waals surface area contributed by atoms with Crippen LogP contribution >= 0.6 is 0 Å². The molecule has 5 heteroatoms. The summed E-state index contributed by atoms with van der Waals surface area (Å²) in [5.41, 5.74) is 7.39. The van der Waals surface area contributed by atoms with Gasteiger partial charge in [-0.2, -0.15) is 0 Å². The second-order valence-electron chi connectivity index (χ2n) is 5.23. The summed E-state index contributed by atoms with van der Waals surface area (Å²) in [6, 6.07) is 9.79. The molecule has 1 heterocycles. The Bertz CT molecular complexity index is 653. The summed E-state index contributed by atoms with van der Waals surface area (Å²) in [4.78, 5) is 18.5. The zero-order chi connectivity index (χ0) is 14.8. The van der Waals surface area contributed by atoms with E-state index in [1.807, 2.05) is 0 Å². The first-order valence-electron chi connectivity index (χ1n) is 6.91. The standard InChI is InChI=1S/C16H16FN3O/c17-12-5-3-11(4-6-12)10-20(13-7-8-13)16(21)15-14(18)2-1-9-19-15/h1-6,9,13H,7-8,10,18H2. The molecule has 0 aliphatic heterocycles. The smallest absolute Gasteiger partial charge is 0.275 e. The van der Waals surface area contributed by atoms with E-state index < -0.39 is 0 Å². The van der Waals surface area contributed by atoms with Crippen LogP contribution in [0.25, 0.3) is 0 Å². The monoisotopic (exact) mass is 285 g/mol. The Labute approximate surface area is 122 Å². The molecule has 4 nitrogen and oxygen atoms in total. The number of hydrogen-bond donors (Lipinski definition) is 1. The first-order valence-corrected chi connectivity index (χ1v) is 6.91. The van der Waals surface area contributed by atoms with Gasteiger partial charge in [0, 0.05) is 18.8 Å². The van der Waals surface area contributed by atoms with Gasteiger partial charge in [-0.1, -0.05) is 12.1 Å². The average Bonchev–Trinajstić information content (AvgIpc) is 3.31. The largest absolute Gasteiger partial charge is 0.397 e. The van der Waals surface area contributed by atoms with Crippen molar-refractivity contribution in [2.75, 3.05) is 5.73 Å². The van der Waals surface area contributed by atoms with Crippen LogP contribution in [0.5, 0.6) is 0 Å². The predicted octanol–water partition coefficient (Wildman–Crippen LogP) is 2.61. The summed E-state index contributed by atoms with van der Waals surface area (Å²) in [5, 5.41) is 0. The molecule has 0 unspecified atom stereocenters. The molecule has 3 rings (SSSR count). The van der Waals surface area contributed by atoms with E-state index in [9.17, 15) is 9.18 Å². The van der Waals surface area contributed by atoms with Gasteiger partial charge in [0.25, 0.3) is 5.91 Å².